The van der Waals surface area contributed by atoms with E-state index in [2.05, 4.69) is 5.32 Å². The van der Waals surface area contributed by atoms with Gasteiger partial charge in [-0.05, 0) is 30.5 Å². The molecule has 0 bridgehead atoms. The van der Waals surface area contributed by atoms with Crippen LogP contribution in [0.2, 0.25) is 0 Å². The van der Waals surface area contributed by atoms with E-state index < -0.39 is 5.97 Å². The summed E-state index contributed by atoms with van der Waals surface area (Å²) in [4.78, 5) is 24.6. The second-order valence-corrected chi connectivity index (χ2v) is 5.25. The summed E-state index contributed by atoms with van der Waals surface area (Å²) in [6.45, 7) is 0. The average Bonchev–Trinajstić information content (AvgIpc) is 2.91. The number of carboxylic acid groups (broad SMARTS) is 1. The minimum absolute atomic E-state index is 0.0395. The number of hydrogen-bond donors (Lipinski definition) is 2. The van der Waals surface area contributed by atoms with Crippen LogP contribution in [0, 0.1) is 0 Å². The minimum Gasteiger partial charge on any atom is -0.481 e. The van der Waals surface area contributed by atoms with E-state index in [4.69, 9.17) is 5.11 Å². The van der Waals surface area contributed by atoms with Gasteiger partial charge in [0.15, 0.2) is 0 Å². The lowest BCUT2D eigenvalue weighted by Gasteiger charge is -2.24. The fourth-order valence-electron chi connectivity index (χ4n) is 2.60. The van der Waals surface area contributed by atoms with Crippen LogP contribution in [0.25, 0.3) is 0 Å². The van der Waals surface area contributed by atoms with Crippen molar-refractivity contribution in [2.45, 2.75) is 38.1 Å². The first-order valence-corrected chi connectivity index (χ1v) is 6.91. The molecule has 0 aromatic heterocycles. The molecule has 1 aliphatic carbocycles. The summed E-state index contributed by atoms with van der Waals surface area (Å²) in [5.41, 5.74) is 1.32. The maximum Gasteiger partial charge on any atom is 0.321 e. The summed E-state index contributed by atoms with van der Waals surface area (Å²) < 4.78 is 0. The van der Waals surface area contributed by atoms with Crippen molar-refractivity contribution in [1.29, 1.82) is 0 Å². The Labute approximate surface area is 118 Å². The van der Waals surface area contributed by atoms with Gasteiger partial charge in [0.1, 0.15) is 0 Å². The van der Waals surface area contributed by atoms with Crippen LogP contribution in [-0.4, -0.2) is 35.1 Å². The Morgan fingerprint density at radius 1 is 1.35 bits per heavy atom. The Bertz CT molecular complexity index is 496. The maximum absolute atomic E-state index is 12.1. The highest BCUT2D eigenvalue weighted by atomic mass is 16.4. The van der Waals surface area contributed by atoms with Crippen molar-refractivity contribution in [3.63, 3.8) is 0 Å². The predicted molar refractivity (Wildman–Crippen MR) is 76.8 cm³/mol. The molecule has 2 amide bonds. The molecule has 0 saturated heterocycles. The molecule has 1 aromatic rings. The predicted octanol–water partition coefficient (Wildman–Crippen LogP) is 2.72. The van der Waals surface area contributed by atoms with E-state index in [1.807, 2.05) is 7.05 Å². The molecule has 5 heteroatoms. The van der Waals surface area contributed by atoms with E-state index in [9.17, 15) is 9.59 Å². The molecule has 20 heavy (non-hydrogen) atoms. The molecule has 0 unspecified atom stereocenters. The number of hydrogen-bond acceptors (Lipinski definition) is 2. The Hall–Kier alpha value is -2.04. The zero-order chi connectivity index (χ0) is 14.5. The summed E-state index contributed by atoms with van der Waals surface area (Å²) in [5, 5.41) is 11.6. The van der Waals surface area contributed by atoms with Gasteiger partial charge in [-0.25, -0.2) is 4.79 Å². The normalized spacial score (nSPS) is 15.1. The van der Waals surface area contributed by atoms with E-state index in [1.54, 1.807) is 29.2 Å². The van der Waals surface area contributed by atoms with Crippen LogP contribution in [0.5, 0.6) is 0 Å². The van der Waals surface area contributed by atoms with Gasteiger partial charge in [-0.15, -0.1) is 0 Å². The van der Waals surface area contributed by atoms with Crippen molar-refractivity contribution in [2.24, 2.45) is 0 Å². The fourth-order valence-corrected chi connectivity index (χ4v) is 2.60. The van der Waals surface area contributed by atoms with Gasteiger partial charge in [0.25, 0.3) is 0 Å². The van der Waals surface area contributed by atoms with Crippen LogP contribution < -0.4 is 5.32 Å². The molecule has 2 N–H and O–H groups in total. The van der Waals surface area contributed by atoms with Gasteiger partial charge in [0.2, 0.25) is 0 Å². The van der Waals surface area contributed by atoms with Gasteiger partial charge in [-0.3, -0.25) is 4.79 Å². The SMILES string of the molecule is CN(C(=O)Nc1cccc(CC(=O)O)c1)C1CCCC1. The molecule has 0 radical (unpaired) electrons. The highest BCUT2D eigenvalue weighted by molar-refractivity contribution is 5.89. The second-order valence-electron chi connectivity index (χ2n) is 5.25. The minimum atomic E-state index is -0.878. The van der Waals surface area contributed by atoms with Crippen molar-refractivity contribution in [3.8, 4) is 0 Å². The van der Waals surface area contributed by atoms with Crippen molar-refractivity contribution < 1.29 is 14.7 Å². The molecule has 108 valence electrons. The standard InChI is InChI=1S/C15H20N2O3/c1-17(13-7-2-3-8-13)15(20)16-12-6-4-5-11(9-12)10-14(18)19/h4-6,9,13H,2-3,7-8,10H2,1H3,(H,16,20)(H,18,19). The zero-order valence-electron chi connectivity index (χ0n) is 11.6. The summed E-state index contributed by atoms with van der Waals surface area (Å²) in [6, 6.07) is 7.15. The van der Waals surface area contributed by atoms with Crippen LogP contribution in [-0.2, 0) is 11.2 Å². The van der Waals surface area contributed by atoms with Gasteiger partial charge < -0.3 is 15.3 Å². The van der Waals surface area contributed by atoms with Crippen LogP contribution in [0.15, 0.2) is 24.3 Å². The summed E-state index contributed by atoms with van der Waals surface area (Å²) in [7, 11) is 1.81. The number of carboxylic acids is 1. The lowest BCUT2D eigenvalue weighted by molar-refractivity contribution is -0.136. The molecular weight excluding hydrogens is 256 g/mol. The van der Waals surface area contributed by atoms with E-state index in [0.717, 1.165) is 12.8 Å². The van der Waals surface area contributed by atoms with Crippen molar-refractivity contribution in [3.05, 3.63) is 29.8 Å². The van der Waals surface area contributed by atoms with Gasteiger partial charge in [0, 0.05) is 18.8 Å². The van der Waals surface area contributed by atoms with Gasteiger partial charge in [0.05, 0.1) is 6.42 Å². The first kappa shape index (κ1) is 14.4. The first-order chi connectivity index (χ1) is 9.56. The Kier molecular flexibility index (Phi) is 4.61. The Balaban J connectivity index is 1.98. The first-order valence-electron chi connectivity index (χ1n) is 6.91. The van der Waals surface area contributed by atoms with E-state index in [-0.39, 0.29) is 12.5 Å². The molecule has 0 spiro atoms. The molecule has 1 aromatic carbocycles. The number of nitrogens with one attached hydrogen (secondary N) is 1. The van der Waals surface area contributed by atoms with Crippen molar-refractivity contribution >= 4 is 17.7 Å². The third kappa shape index (κ3) is 3.73. The van der Waals surface area contributed by atoms with Crippen LogP contribution in [0.4, 0.5) is 10.5 Å². The molecule has 0 heterocycles. The fraction of sp³-hybridized carbons (Fsp3) is 0.467. The van der Waals surface area contributed by atoms with Crippen LogP contribution >= 0.6 is 0 Å². The number of benzene rings is 1. The highest BCUT2D eigenvalue weighted by Crippen LogP contribution is 2.23. The van der Waals surface area contributed by atoms with Gasteiger partial charge >= 0.3 is 12.0 Å². The topological polar surface area (TPSA) is 69.6 Å². The number of rotatable bonds is 4. The van der Waals surface area contributed by atoms with Gasteiger partial charge in [-0.1, -0.05) is 25.0 Å². The summed E-state index contributed by atoms with van der Waals surface area (Å²) in [6.07, 6.45) is 4.43. The number of urea groups is 1. The number of amides is 2. The lowest BCUT2D eigenvalue weighted by Crippen LogP contribution is -2.38. The second kappa shape index (κ2) is 6.41. The Morgan fingerprint density at radius 2 is 2.05 bits per heavy atom. The number of carbonyl (C=O) groups is 2. The molecule has 0 atom stereocenters. The number of carbonyl (C=O) groups excluding carboxylic acids is 1. The molecule has 5 nitrogen and oxygen atoms in total. The van der Waals surface area contributed by atoms with Crippen molar-refractivity contribution in [2.75, 3.05) is 12.4 Å². The number of nitrogens with zero attached hydrogens (tertiary/aromatic N) is 1. The largest absolute Gasteiger partial charge is 0.481 e. The van der Waals surface area contributed by atoms with Crippen LogP contribution in [0.1, 0.15) is 31.2 Å². The molecule has 1 fully saturated rings. The molecule has 2 rings (SSSR count). The third-order valence-electron chi connectivity index (χ3n) is 3.73. The zero-order valence-corrected chi connectivity index (χ0v) is 11.6. The Morgan fingerprint density at radius 3 is 2.70 bits per heavy atom. The van der Waals surface area contributed by atoms with Gasteiger partial charge in [-0.2, -0.15) is 0 Å². The molecule has 0 aliphatic heterocycles. The number of anilines is 1. The number of aliphatic carboxylic acids is 1. The van der Waals surface area contributed by atoms with E-state index in [0.29, 0.717) is 17.3 Å². The summed E-state index contributed by atoms with van der Waals surface area (Å²) >= 11 is 0. The third-order valence-corrected chi connectivity index (χ3v) is 3.73. The monoisotopic (exact) mass is 276 g/mol. The van der Waals surface area contributed by atoms with Crippen molar-refractivity contribution in [1.82, 2.24) is 4.90 Å². The highest BCUT2D eigenvalue weighted by Gasteiger charge is 2.23. The van der Waals surface area contributed by atoms with E-state index in [1.165, 1.54) is 12.8 Å². The molecule has 1 aliphatic rings. The quantitative estimate of drug-likeness (QED) is 0.888. The molecule has 1 saturated carbocycles. The maximum atomic E-state index is 12.1. The smallest absolute Gasteiger partial charge is 0.321 e. The molecular formula is C15H20N2O3. The average molecular weight is 276 g/mol. The van der Waals surface area contributed by atoms with E-state index >= 15 is 0 Å². The lowest BCUT2D eigenvalue weighted by atomic mass is 10.1. The van der Waals surface area contributed by atoms with Crippen LogP contribution in [0.3, 0.4) is 0 Å². The summed E-state index contributed by atoms with van der Waals surface area (Å²) in [5.74, 6) is -0.878.